The maximum atomic E-state index is 12.2. The van der Waals surface area contributed by atoms with Crippen LogP contribution in [0, 0.1) is 0 Å². The first kappa shape index (κ1) is 13.5. The molecule has 20 heavy (non-hydrogen) atoms. The van der Waals surface area contributed by atoms with E-state index in [4.69, 9.17) is 0 Å². The topological polar surface area (TPSA) is 71.2 Å². The molecule has 2 fully saturated rings. The molecule has 6 heteroatoms. The third-order valence-electron chi connectivity index (χ3n) is 4.34. The number of carbonyl (C=O) groups is 1. The lowest BCUT2D eigenvalue weighted by atomic mass is 10.0. The van der Waals surface area contributed by atoms with Gasteiger partial charge in [-0.25, -0.2) is 4.68 Å². The molecule has 0 aromatic carbocycles. The standard InChI is InChI=1S/C14H22N4O2/c1-17(10-14(20)6-2-3-7-14)13(19)9-18-8-12(15-16-18)11-4-5-11/h8,11,20H,2-7,9-10H2,1H3. The molecule has 2 saturated carbocycles. The SMILES string of the molecule is CN(CC1(O)CCCC1)C(=O)Cn1cc(C2CC2)nn1. The summed E-state index contributed by atoms with van der Waals surface area (Å²) in [4.78, 5) is 13.8. The Kier molecular flexibility index (Phi) is 3.50. The summed E-state index contributed by atoms with van der Waals surface area (Å²) in [7, 11) is 1.75. The smallest absolute Gasteiger partial charge is 0.244 e. The quantitative estimate of drug-likeness (QED) is 0.869. The lowest BCUT2D eigenvalue weighted by Gasteiger charge is -2.28. The minimum Gasteiger partial charge on any atom is -0.388 e. The number of aliphatic hydroxyl groups is 1. The molecule has 0 spiro atoms. The van der Waals surface area contributed by atoms with Gasteiger partial charge < -0.3 is 10.0 Å². The van der Waals surface area contributed by atoms with Crippen LogP contribution in [-0.4, -0.2) is 50.1 Å². The average Bonchev–Trinajstić information content (AvgIpc) is 3.01. The fourth-order valence-corrected chi connectivity index (χ4v) is 2.94. The highest BCUT2D eigenvalue weighted by molar-refractivity contribution is 5.75. The highest BCUT2D eigenvalue weighted by Crippen LogP contribution is 2.38. The molecule has 0 saturated heterocycles. The van der Waals surface area contributed by atoms with Gasteiger partial charge in [-0.05, 0) is 25.7 Å². The van der Waals surface area contributed by atoms with Crippen molar-refractivity contribution in [2.75, 3.05) is 13.6 Å². The molecule has 0 bridgehead atoms. The van der Waals surface area contributed by atoms with E-state index in [1.54, 1.807) is 16.6 Å². The first-order valence-electron chi connectivity index (χ1n) is 7.42. The van der Waals surface area contributed by atoms with Gasteiger partial charge >= 0.3 is 0 Å². The molecule has 0 radical (unpaired) electrons. The number of nitrogens with zero attached hydrogens (tertiary/aromatic N) is 4. The second kappa shape index (κ2) is 5.16. The Morgan fingerprint density at radius 2 is 2.20 bits per heavy atom. The van der Waals surface area contributed by atoms with Crippen molar-refractivity contribution in [3.8, 4) is 0 Å². The van der Waals surface area contributed by atoms with Gasteiger partial charge in [0, 0.05) is 25.7 Å². The average molecular weight is 278 g/mol. The molecule has 1 aromatic heterocycles. The normalized spacial score (nSPS) is 21.1. The van der Waals surface area contributed by atoms with E-state index in [0.717, 1.165) is 31.4 Å². The lowest BCUT2D eigenvalue weighted by molar-refractivity contribution is -0.134. The van der Waals surface area contributed by atoms with Gasteiger partial charge in [0.05, 0.1) is 11.3 Å². The molecule has 0 unspecified atom stereocenters. The van der Waals surface area contributed by atoms with Crippen molar-refractivity contribution in [1.82, 2.24) is 19.9 Å². The van der Waals surface area contributed by atoms with Gasteiger partial charge in [0.25, 0.3) is 0 Å². The second-order valence-corrected chi connectivity index (χ2v) is 6.30. The summed E-state index contributed by atoms with van der Waals surface area (Å²) in [6, 6.07) is 0. The minimum absolute atomic E-state index is 0.0300. The van der Waals surface area contributed by atoms with E-state index in [-0.39, 0.29) is 12.5 Å². The molecule has 1 amide bonds. The van der Waals surface area contributed by atoms with Gasteiger partial charge in [-0.2, -0.15) is 0 Å². The molecule has 0 aliphatic heterocycles. The largest absolute Gasteiger partial charge is 0.388 e. The molecule has 1 heterocycles. The van der Waals surface area contributed by atoms with Crippen molar-refractivity contribution in [3.05, 3.63) is 11.9 Å². The molecule has 6 nitrogen and oxygen atoms in total. The van der Waals surface area contributed by atoms with Crippen LogP contribution >= 0.6 is 0 Å². The van der Waals surface area contributed by atoms with Gasteiger partial charge in [0.15, 0.2) is 0 Å². The zero-order chi connectivity index (χ0) is 14.2. The zero-order valence-electron chi connectivity index (χ0n) is 12.0. The fraction of sp³-hybridized carbons (Fsp3) is 0.786. The number of amides is 1. The first-order chi connectivity index (χ1) is 9.56. The Labute approximate surface area is 118 Å². The Morgan fingerprint density at radius 1 is 1.50 bits per heavy atom. The van der Waals surface area contributed by atoms with Crippen molar-refractivity contribution in [2.45, 2.75) is 56.6 Å². The van der Waals surface area contributed by atoms with Gasteiger partial charge in [-0.1, -0.05) is 18.1 Å². The van der Waals surface area contributed by atoms with Gasteiger partial charge in [-0.3, -0.25) is 4.79 Å². The maximum absolute atomic E-state index is 12.2. The third-order valence-corrected chi connectivity index (χ3v) is 4.34. The molecule has 1 aromatic rings. The molecule has 1 N–H and O–H groups in total. The van der Waals surface area contributed by atoms with E-state index in [1.165, 1.54) is 12.8 Å². The molecule has 2 aliphatic rings. The van der Waals surface area contributed by atoms with Crippen LogP contribution in [0.15, 0.2) is 6.20 Å². The van der Waals surface area contributed by atoms with E-state index < -0.39 is 5.60 Å². The molecule has 0 atom stereocenters. The number of rotatable bonds is 5. The van der Waals surface area contributed by atoms with Crippen LogP contribution in [0.25, 0.3) is 0 Å². The van der Waals surface area contributed by atoms with E-state index in [0.29, 0.717) is 12.5 Å². The van der Waals surface area contributed by atoms with Crippen LogP contribution < -0.4 is 0 Å². The summed E-state index contributed by atoms with van der Waals surface area (Å²) in [6.45, 7) is 0.613. The number of likely N-dealkylation sites (N-methyl/N-ethyl adjacent to an activating group) is 1. The number of carbonyl (C=O) groups excluding carboxylic acids is 1. The summed E-state index contributed by atoms with van der Waals surface area (Å²) in [6.07, 6.45) is 7.91. The Balaban J connectivity index is 1.54. The van der Waals surface area contributed by atoms with Crippen molar-refractivity contribution in [2.24, 2.45) is 0 Å². The molecule has 3 rings (SSSR count). The zero-order valence-corrected chi connectivity index (χ0v) is 12.0. The van der Waals surface area contributed by atoms with Crippen molar-refractivity contribution < 1.29 is 9.90 Å². The highest BCUT2D eigenvalue weighted by atomic mass is 16.3. The van der Waals surface area contributed by atoms with Crippen LogP contribution in [0.1, 0.15) is 50.1 Å². The number of hydrogen-bond acceptors (Lipinski definition) is 4. The highest BCUT2D eigenvalue weighted by Gasteiger charge is 2.33. The number of aromatic nitrogens is 3. The molecular weight excluding hydrogens is 256 g/mol. The van der Waals surface area contributed by atoms with Crippen molar-refractivity contribution >= 4 is 5.91 Å². The number of hydrogen-bond donors (Lipinski definition) is 1. The first-order valence-corrected chi connectivity index (χ1v) is 7.42. The van der Waals surface area contributed by atoms with E-state index >= 15 is 0 Å². The third kappa shape index (κ3) is 3.00. The Bertz CT molecular complexity index is 489. The monoisotopic (exact) mass is 278 g/mol. The summed E-state index contributed by atoms with van der Waals surface area (Å²) >= 11 is 0. The summed E-state index contributed by atoms with van der Waals surface area (Å²) in [5.41, 5.74) is 0.307. The van der Waals surface area contributed by atoms with Crippen LogP contribution in [0.4, 0.5) is 0 Å². The second-order valence-electron chi connectivity index (χ2n) is 6.30. The predicted molar refractivity (Wildman–Crippen MR) is 73.1 cm³/mol. The molecular formula is C14H22N4O2. The van der Waals surface area contributed by atoms with Crippen LogP contribution in [0.5, 0.6) is 0 Å². The minimum atomic E-state index is -0.689. The molecule has 110 valence electrons. The van der Waals surface area contributed by atoms with Crippen LogP contribution in [0.2, 0.25) is 0 Å². The van der Waals surface area contributed by atoms with E-state index in [2.05, 4.69) is 10.3 Å². The Morgan fingerprint density at radius 3 is 2.85 bits per heavy atom. The van der Waals surface area contributed by atoms with Crippen molar-refractivity contribution in [1.29, 1.82) is 0 Å². The summed E-state index contributed by atoms with van der Waals surface area (Å²) in [5.74, 6) is 0.522. The van der Waals surface area contributed by atoms with E-state index in [9.17, 15) is 9.90 Å². The fourth-order valence-electron chi connectivity index (χ4n) is 2.94. The summed E-state index contributed by atoms with van der Waals surface area (Å²) in [5, 5.41) is 18.4. The van der Waals surface area contributed by atoms with Crippen LogP contribution in [0.3, 0.4) is 0 Å². The van der Waals surface area contributed by atoms with Crippen LogP contribution in [-0.2, 0) is 11.3 Å². The maximum Gasteiger partial charge on any atom is 0.244 e. The Hall–Kier alpha value is -1.43. The summed E-state index contributed by atoms with van der Waals surface area (Å²) < 4.78 is 1.60. The van der Waals surface area contributed by atoms with E-state index in [1.807, 2.05) is 6.20 Å². The van der Waals surface area contributed by atoms with Gasteiger partial charge in [0.1, 0.15) is 6.54 Å². The van der Waals surface area contributed by atoms with Gasteiger partial charge in [-0.15, -0.1) is 5.10 Å². The lowest BCUT2D eigenvalue weighted by Crippen LogP contribution is -2.43. The molecule has 2 aliphatic carbocycles. The van der Waals surface area contributed by atoms with Crippen molar-refractivity contribution in [3.63, 3.8) is 0 Å². The van der Waals surface area contributed by atoms with Gasteiger partial charge in [0.2, 0.25) is 5.91 Å². The predicted octanol–water partition coefficient (Wildman–Crippen LogP) is 0.919.